The molecule has 1 N–H and O–H groups in total. The number of rotatable bonds is 4. The van der Waals surface area contributed by atoms with Crippen LogP contribution in [0.3, 0.4) is 0 Å². The van der Waals surface area contributed by atoms with E-state index in [1.165, 1.54) is 4.90 Å². The summed E-state index contributed by atoms with van der Waals surface area (Å²) in [5, 5.41) is 9.99. The molecule has 9 heteroatoms. The molecule has 0 saturated carbocycles. The average Bonchev–Trinajstić information content (AvgIpc) is 3.23. The number of amides is 2. The van der Waals surface area contributed by atoms with Crippen molar-refractivity contribution in [2.24, 2.45) is 11.8 Å². The number of halogens is 1. The number of carbonyl (C=O) groups is 3. The van der Waals surface area contributed by atoms with Crippen molar-refractivity contribution in [3.05, 3.63) is 53.6 Å². The molecule has 180 valence electrons. The summed E-state index contributed by atoms with van der Waals surface area (Å²) >= 11 is 6.04. The van der Waals surface area contributed by atoms with Crippen molar-refractivity contribution < 1.29 is 29.0 Å². The maximum Gasteiger partial charge on any atom is 0.312 e. The summed E-state index contributed by atoms with van der Waals surface area (Å²) in [5.41, 5.74) is -0.656. The SMILES string of the molecule is O=C1OCCC/C=C\[C@H]2O[C@]34C=CCN(c5ccc(Cl)cc5)C(=O)C3N(CCCO)C(=O)[C@@H]4[C@@H]12. The Labute approximate surface area is 202 Å². The van der Waals surface area contributed by atoms with E-state index in [4.69, 9.17) is 21.1 Å². The van der Waals surface area contributed by atoms with Gasteiger partial charge in [-0.15, -0.1) is 0 Å². The number of ether oxygens (including phenoxy) is 2. The molecular weight excluding hydrogens is 460 g/mol. The molecule has 1 aromatic carbocycles. The second-order valence-electron chi connectivity index (χ2n) is 9.02. The Morgan fingerprint density at radius 3 is 2.68 bits per heavy atom. The maximum atomic E-state index is 14.0. The zero-order valence-corrected chi connectivity index (χ0v) is 19.4. The number of fused-ring (bicyclic) bond motifs is 2. The van der Waals surface area contributed by atoms with Crippen molar-refractivity contribution in [3.63, 3.8) is 0 Å². The average molecular weight is 487 g/mol. The summed E-state index contributed by atoms with van der Waals surface area (Å²) in [4.78, 5) is 44.0. The molecule has 5 atom stereocenters. The van der Waals surface area contributed by atoms with Gasteiger partial charge in [-0.25, -0.2) is 0 Å². The Morgan fingerprint density at radius 1 is 1.12 bits per heavy atom. The summed E-state index contributed by atoms with van der Waals surface area (Å²) in [6.07, 6.45) is 8.45. The van der Waals surface area contributed by atoms with Crippen molar-refractivity contribution in [3.8, 4) is 0 Å². The van der Waals surface area contributed by atoms with Crippen LogP contribution < -0.4 is 4.90 Å². The molecule has 4 aliphatic heterocycles. The second kappa shape index (κ2) is 9.17. The van der Waals surface area contributed by atoms with E-state index in [0.29, 0.717) is 23.6 Å². The summed E-state index contributed by atoms with van der Waals surface area (Å²) in [7, 11) is 0. The highest BCUT2D eigenvalue weighted by atomic mass is 35.5. The fourth-order valence-electron chi connectivity index (χ4n) is 5.59. The van der Waals surface area contributed by atoms with Gasteiger partial charge in [-0.3, -0.25) is 14.4 Å². The lowest BCUT2D eigenvalue weighted by molar-refractivity contribution is -0.154. The van der Waals surface area contributed by atoms with E-state index in [-0.39, 0.29) is 38.1 Å². The lowest BCUT2D eigenvalue weighted by Crippen LogP contribution is -2.55. The zero-order valence-electron chi connectivity index (χ0n) is 18.6. The van der Waals surface area contributed by atoms with E-state index >= 15 is 0 Å². The topological polar surface area (TPSA) is 96.4 Å². The maximum absolute atomic E-state index is 14.0. The molecule has 5 rings (SSSR count). The van der Waals surface area contributed by atoms with Gasteiger partial charge in [-0.05, 0) is 43.5 Å². The number of benzene rings is 1. The molecular formula is C25H27ClN2O6. The van der Waals surface area contributed by atoms with Crippen LogP contribution in [0.1, 0.15) is 19.3 Å². The molecule has 8 nitrogen and oxygen atoms in total. The van der Waals surface area contributed by atoms with Gasteiger partial charge in [-0.1, -0.05) is 35.9 Å². The van der Waals surface area contributed by atoms with Gasteiger partial charge in [0.15, 0.2) is 0 Å². The first kappa shape index (κ1) is 23.1. The van der Waals surface area contributed by atoms with Gasteiger partial charge < -0.3 is 24.4 Å². The highest BCUT2D eigenvalue weighted by molar-refractivity contribution is 6.30. The first-order valence-corrected chi connectivity index (χ1v) is 12.0. The number of aliphatic hydroxyl groups excluding tert-OH is 1. The quantitative estimate of drug-likeness (QED) is 0.517. The van der Waals surface area contributed by atoms with Crippen LogP contribution in [0.15, 0.2) is 48.6 Å². The Balaban J connectivity index is 1.60. The van der Waals surface area contributed by atoms with Gasteiger partial charge in [-0.2, -0.15) is 0 Å². The molecule has 2 saturated heterocycles. The number of cyclic esters (lactones) is 1. The summed E-state index contributed by atoms with van der Waals surface area (Å²) in [5.74, 6) is -2.84. The normalized spacial score (nSPS) is 33.9. The Bertz CT molecular complexity index is 1040. The fourth-order valence-corrected chi connectivity index (χ4v) is 5.71. The van der Waals surface area contributed by atoms with Gasteiger partial charge in [0.05, 0.1) is 18.6 Å². The van der Waals surface area contributed by atoms with E-state index in [9.17, 15) is 19.5 Å². The van der Waals surface area contributed by atoms with Crippen molar-refractivity contribution in [1.82, 2.24) is 4.90 Å². The third kappa shape index (κ3) is 3.65. The van der Waals surface area contributed by atoms with Crippen LogP contribution in [-0.2, 0) is 23.9 Å². The number of aliphatic hydroxyl groups is 1. The fraction of sp³-hybridized carbons (Fsp3) is 0.480. The Hall–Kier alpha value is -2.68. The largest absolute Gasteiger partial charge is 0.465 e. The van der Waals surface area contributed by atoms with Crippen LogP contribution in [0.5, 0.6) is 0 Å². The molecule has 0 aliphatic carbocycles. The van der Waals surface area contributed by atoms with Crippen molar-refractivity contribution >= 4 is 35.1 Å². The third-order valence-corrected chi connectivity index (χ3v) is 7.30. The lowest BCUT2D eigenvalue weighted by atomic mass is 9.78. The minimum atomic E-state index is -1.30. The smallest absolute Gasteiger partial charge is 0.312 e. The number of likely N-dealkylation sites (tertiary alicyclic amines) is 1. The van der Waals surface area contributed by atoms with E-state index < -0.39 is 35.6 Å². The van der Waals surface area contributed by atoms with Crippen LogP contribution in [0.25, 0.3) is 0 Å². The monoisotopic (exact) mass is 486 g/mol. The highest BCUT2D eigenvalue weighted by Gasteiger charge is 2.71. The number of hydrogen-bond donors (Lipinski definition) is 1. The van der Waals surface area contributed by atoms with Gasteiger partial charge >= 0.3 is 5.97 Å². The van der Waals surface area contributed by atoms with Crippen LogP contribution in [0.4, 0.5) is 5.69 Å². The van der Waals surface area contributed by atoms with Crippen LogP contribution in [0, 0.1) is 11.8 Å². The molecule has 4 heterocycles. The number of esters is 1. The van der Waals surface area contributed by atoms with Gasteiger partial charge in [0.1, 0.15) is 17.6 Å². The van der Waals surface area contributed by atoms with E-state index in [0.717, 1.165) is 6.42 Å². The minimum Gasteiger partial charge on any atom is -0.465 e. The zero-order chi connectivity index (χ0) is 23.9. The first-order valence-electron chi connectivity index (χ1n) is 11.6. The molecule has 2 fully saturated rings. The van der Waals surface area contributed by atoms with Crippen LogP contribution in [0.2, 0.25) is 5.02 Å². The lowest BCUT2D eigenvalue weighted by Gasteiger charge is -2.35. The van der Waals surface area contributed by atoms with Crippen molar-refractivity contribution in [2.75, 3.05) is 31.2 Å². The number of hydrogen-bond acceptors (Lipinski definition) is 6. The van der Waals surface area contributed by atoms with E-state index in [1.807, 2.05) is 18.2 Å². The molecule has 0 bridgehead atoms. The number of nitrogens with zero attached hydrogens (tertiary/aromatic N) is 2. The molecule has 1 unspecified atom stereocenters. The summed E-state index contributed by atoms with van der Waals surface area (Å²) in [6, 6.07) is 5.95. The minimum absolute atomic E-state index is 0.128. The second-order valence-corrected chi connectivity index (χ2v) is 9.45. The molecule has 34 heavy (non-hydrogen) atoms. The summed E-state index contributed by atoms with van der Waals surface area (Å²) in [6.45, 7) is 0.609. The van der Waals surface area contributed by atoms with E-state index in [1.54, 1.807) is 35.2 Å². The third-order valence-electron chi connectivity index (χ3n) is 7.05. The molecule has 1 aromatic rings. The molecule has 0 radical (unpaired) electrons. The molecule has 1 spiro atoms. The number of anilines is 1. The first-order chi connectivity index (χ1) is 16.5. The van der Waals surface area contributed by atoms with Crippen LogP contribution in [-0.4, -0.2) is 71.8 Å². The van der Waals surface area contributed by atoms with E-state index in [2.05, 4.69) is 0 Å². The van der Waals surface area contributed by atoms with Gasteiger partial charge in [0, 0.05) is 30.4 Å². The highest BCUT2D eigenvalue weighted by Crippen LogP contribution is 2.53. The molecule has 2 amide bonds. The summed E-state index contributed by atoms with van der Waals surface area (Å²) < 4.78 is 12.0. The van der Waals surface area contributed by atoms with Gasteiger partial charge in [0.25, 0.3) is 5.91 Å². The van der Waals surface area contributed by atoms with Gasteiger partial charge in [0.2, 0.25) is 5.91 Å². The van der Waals surface area contributed by atoms with Crippen molar-refractivity contribution in [2.45, 2.75) is 37.0 Å². The Kier molecular flexibility index (Phi) is 6.22. The predicted octanol–water partition coefficient (Wildman–Crippen LogP) is 2.10. The number of carbonyl (C=O) groups excluding carboxylic acids is 3. The van der Waals surface area contributed by atoms with Crippen LogP contribution >= 0.6 is 11.6 Å². The Morgan fingerprint density at radius 2 is 1.91 bits per heavy atom. The van der Waals surface area contributed by atoms with Crippen molar-refractivity contribution in [1.29, 1.82) is 0 Å². The number of allylic oxidation sites excluding steroid dienone is 1. The standard InChI is InChI=1S/C25H27ClN2O6/c26-16-7-9-17(10-8-16)27-12-4-11-25-20(22(30)28(13-5-14-29)21(25)23(27)31)19-18(34-25)6-2-1-3-15-33-24(19)32/h2,4,6-11,18-21,29H,1,3,5,12-15H2/b6-2-/t18-,19+,20+,21?,25+/m1/s1. The molecule has 4 aliphatic rings. The predicted molar refractivity (Wildman–Crippen MR) is 124 cm³/mol. The molecule has 0 aromatic heterocycles.